The molecule has 144 valence electrons. The molecule has 0 saturated heterocycles. The smallest absolute Gasteiger partial charge is 0.342 e. The number of anilines is 1. The molecular formula is C21H18ClNO5. The van der Waals surface area contributed by atoms with Gasteiger partial charge in [0.1, 0.15) is 17.1 Å². The van der Waals surface area contributed by atoms with E-state index in [4.69, 9.17) is 25.5 Å². The number of methoxy groups -OCH3 is 1. The summed E-state index contributed by atoms with van der Waals surface area (Å²) in [6, 6.07) is 15.1. The number of hydrogen-bond acceptors (Lipinski definition) is 5. The number of aryl methyl sites for hydroxylation is 1. The van der Waals surface area contributed by atoms with Gasteiger partial charge in [-0.25, -0.2) is 4.79 Å². The second-order valence-corrected chi connectivity index (χ2v) is 6.33. The number of carbonyl (C=O) groups is 2. The van der Waals surface area contributed by atoms with E-state index in [1.165, 1.54) is 19.4 Å². The number of ether oxygens (including phenoxy) is 2. The van der Waals surface area contributed by atoms with Crippen LogP contribution in [-0.4, -0.2) is 19.0 Å². The standard InChI is InChI=1S/C21H18ClNO5/c1-13-16(10-11-27-13)21(25)28-19(14-6-4-3-5-7-14)20(24)23-15-8-9-18(26-2)17(22)12-15/h3-12,19H,1-2H3,(H,23,24)/t19-/m1/s1. The van der Waals surface area contributed by atoms with E-state index in [1.807, 2.05) is 6.07 Å². The van der Waals surface area contributed by atoms with Crippen LogP contribution >= 0.6 is 11.6 Å². The topological polar surface area (TPSA) is 77.8 Å². The minimum atomic E-state index is -1.15. The third-order valence-corrected chi connectivity index (χ3v) is 4.36. The Kier molecular flexibility index (Phi) is 6.01. The number of hydrogen-bond donors (Lipinski definition) is 1. The van der Waals surface area contributed by atoms with Gasteiger partial charge in [-0.1, -0.05) is 41.9 Å². The molecule has 0 aliphatic rings. The average Bonchev–Trinajstić information content (AvgIpc) is 3.12. The SMILES string of the molecule is COc1ccc(NC(=O)[C@H](OC(=O)c2ccoc2C)c2ccccc2)cc1Cl. The lowest BCUT2D eigenvalue weighted by Crippen LogP contribution is -2.26. The first-order chi connectivity index (χ1) is 13.5. The molecule has 1 aromatic heterocycles. The van der Waals surface area contributed by atoms with Crippen molar-refractivity contribution in [3.05, 3.63) is 82.8 Å². The molecule has 7 heteroatoms. The Morgan fingerprint density at radius 3 is 2.46 bits per heavy atom. The molecule has 1 heterocycles. The summed E-state index contributed by atoms with van der Waals surface area (Å²) in [6.45, 7) is 1.65. The lowest BCUT2D eigenvalue weighted by molar-refractivity contribution is -0.125. The van der Waals surface area contributed by atoms with Gasteiger partial charge in [0.25, 0.3) is 5.91 Å². The van der Waals surface area contributed by atoms with E-state index in [0.29, 0.717) is 27.8 Å². The minimum Gasteiger partial charge on any atom is -0.495 e. The molecule has 0 unspecified atom stereocenters. The van der Waals surface area contributed by atoms with Crippen molar-refractivity contribution in [2.24, 2.45) is 0 Å². The lowest BCUT2D eigenvalue weighted by atomic mass is 10.1. The Morgan fingerprint density at radius 2 is 1.86 bits per heavy atom. The molecule has 1 N–H and O–H groups in total. The monoisotopic (exact) mass is 399 g/mol. The van der Waals surface area contributed by atoms with E-state index in [0.717, 1.165) is 0 Å². The molecule has 0 fully saturated rings. The Bertz CT molecular complexity index is 983. The summed E-state index contributed by atoms with van der Waals surface area (Å²) in [5.74, 6) is -0.259. The van der Waals surface area contributed by atoms with Crippen molar-refractivity contribution in [2.75, 3.05) is 12.4 Å². The molecule has 28 heavy (non-hydrogen) atoms. The van der Waals surface area contributed by atoms with Gasteiger partial charge in [0.05, 0.1) is 18.4 Å². The van der Waals surface area contributed by atoms with Crippen LogP contribution < -0.4 is 10.1 Å². The molecule has 1 atom stereocenters. The van der Waals surface area contributed by atoms with E-state index in [1.54, 1.807) is 49.4 Å². The van der Waals surface area contributed by atoms with Crippen molar-refractivity contribution >= 4 is 29.2 Å². The summed E-state index contributed by atoms with van der Waals surface area (Å²) < 4.78 is 15.7. The molecule has 0 spiro atoms. The van der Waals surface area contributed by atoms with Crippen LogP contribution in [0.1, 0.15) is 27.8 Å². The molecule has 2 aromatic carbocycles. The Morgan fingerprint density at radius 1 is 1.11 bits per heavy atom. The van der Waals surface area contributed by atoms with Crippen LogP contribution in [0, 0.1) is 6.92 Å². The summed E-state index contributed by atoms with van der Waals surface area (Å²) in [4.78, 5) is 25.4. The Hall–Kier alpha value is -3.25. The van der Waals surface area contributed by atoms with Gasteiger partial charge in [-0.2, -0.15) is 0 Å². The first kappa shape index (κ1) is 19.5. The van der Waals surface area contributed by atoms with Crippen LogP contribution in [0.2, 0.25) is 5.02 Å². The van der Waals surface area contributed by atoms with E-state index in [9.17, 15) is 9.59 Å². The zero-order valence-corrected chi connectivity index (χ0v) is 16.0. The van der Waals surface area contributed by atoms with Crippen LogP contribution in [0.3, 0.4) is 0 Å². The van der Waals surface area contributed by atoms with Gasteiger partial charge in [0, 0.05) is 11.3 Å². The van der Waals surface area contributed by atoms with Crippen LogP contribution in [0.15, 0.2) is 65.3 Å². The fourth-order valence-corrected chi connectivity index (χ4v) is 2.88. The third kappa shape index (κ3) is 4.35. The maximum Gasteiger partial charge on any atom is 0.342 e. The molecule has 0 aliphatic carbocycles. The van der Waals surface area contributed by atoms with Crippen molar-refractivity contribution in [1.29, 1.82) is 0 Å². The maximum atomic E-state index is 12.9. The summed E-state index contributed by atoms with van der Waals surface area (Å²) >= 11 is 6.11. The summed E-state index contributed by atoms with van der Waals surface area (Å²) in [7, 11) is 1.50. The number of furan rings is 1. The average molecular weight is 400 g/mol. The van der Waals surface area contributed by atoms with Crippen molar-refractivity contribution in [1.82, 2.24) is 0 Å². The van der Waals surface area contributed by atoms with Crippen LogP contribution in [0.5, 0.6) is 5.75 Å². The zero-order valence-electron chi connectivity index (χ0n) is 15.3. The first-order valence-electron chi connectivity index (χ1n) is 8.44. The number of rotatable bonds is 6. The predicted molar refractivity (Wildman–Crippen MR) is 105 cm³/mol. The van der Waals surface area contributed by atoms with Gasteiger partial charge in [0.15, 0.2) is 0 Å². The molecule has 0 aliphatic heterocycles. The molecule has 1 amide bonds. The maximum absolute atomic E-state index is 12.9. The number of esters is 1. The van der Waals surface area contributed by atoms with Gasteiger partial charge in [-0.15, -0.1) is 0 Å². The molecule has 0 bridgehead atoms. The number of amides is 1. The number of benzene rings is 2. The van der Waals surface area contributed by atoms with E-state index >= 15 is 0 Å². The highest BCUT2D eigenvalue weighted by molar-refractivity contribution is 6.32. The van der Waals surface area contributed by atoms with Crippen LogP contribution in [0.25, 0.3) is 0 Å². The third-order valence-electron chi connectivity index (χ3n) is 4.06. The molecule has 0 radical (unpaired) electrons. The first-order valence-corrected chi connectivity index (χ1v) is 8.82. The van der Waals surface area contributed by atoms with E-state index < -0.39 is 18.0 Å². The Balaban J connectivity index is 1.84. The molecule has 6 nitrogen and oxygen atoms in total. The van der Waals surface area contributed by atoms with Gasteiger partial charge in [0.2, 0.25) is 6.10 Å². The van der Waals surface area contributed by atoms with Gasteiger partial charge < -0.3 is 19.2 Å². The highest BCUT2D eigenvalue weighted by Gasteiger charge is 2.27. The predicted octanol–water partition coefficient (Wildman–Crippen LogP) is 4.79. The largest absolute Gasteiger partial charge is 0.495 e. The van der Waals surface area contributed by atoms with Crippen molar-refractivity contribution in [3.8, 4) is 5.75 Å². The summed E-state index contributed by atoms with van der Waals surface area (Å²) in [6.07, 6.45) is 0.243. The molecular weight excluding hydrogens is 382 g/mol. The normalized spacial score (nSPS) is 11.5. The highest BCUT2D eigenvalue weighted by atomic mass is 35.5. The molecule has 3 rings (SSSR count). The molecule has 3 aromatic rings. The number of halogens is 1. The fourth-order valence-electron chi connectivity index (χ4n) is 2.62. The van der Waals surface area contributed by atoms with E-state index in [-0.39, 0.29) is 5.56 Å². The Labute approximate surface area is 167 Å². The van der Waals surface area contributed by atoms with Crippen LogP contribution in [-0.2, 0) is 9.53 Å². The molecule has 0 saturated carbocycles. The summed E-state index contributed by atoms with van der Waals surface area (Å²) in [5.41, 5.74) is 1.25. The quantitative estimate of drug-likeness (QED) is 0.603. The fraction of sp³-hybridized carbons (Fsp3) is 0.143. The second kappa shape index (κ2) is 8.63. The number of nitrogens with one attached hydrogen (secondary N) is 1. The van der Waals surface area contributed by atoms with Crippen molar-refractivity contribution in [3.63, 3.8) is 0 Å². The van der Waals surface area contributed by atoms with Crippen LogP contribution in [0.4, 0.5) is 5.69 Å². The lowest BCUT2D eigenvalue weighted by Gasteiger charge is -2.18. The van der Waals surface area contributed by atoms with Crippen molar-refractivity contribution < 1.29 is 23.5 Å². The minimum absolute atomic E-state index is 0.265. The van der Waals surface area contributed by atoms with Gasteiger partial charge in [-0.3, -0.25) is 4.79 Å². The van der Waals surface area contributed by atoms with Gasteiger partial charge >= 0.3 is 5.97 Å². The number of carbonyl (C=O) groups excluding carboxylic acids is 2. The van der Waals surface area contributed by atoms with Gasteiger partial charge in [-0.05, 0) is 31.2 Å². The highest BCUT2D eigenvalue weighted by Crippen LogP contribution is 2.28. The zero-order chi connectivity index (χ0) is 20.1. The summed E-state index contributed by atoms with van der Waals surface area (Å²) in [5, 5.41) is 3.07. The second-order valence-electron chi connectivity index (χ2n) is 5.93. The van der Waals surface area contributed by atoms with E-state index in [2.05, 4.69) is 5.32 Å². The van der Waals surface area contributed by atoms with Crippen molar-refractivity contribution in [2.45, 2.75) is 13.0 Å².